The summed E-state index contributed by atoms with van der Waals surface area (Å²) in [6, 6.07) is 8.17. The van der Waals surface area contributed by atoms with Gasteiger partial charge in [0.2, 0.25) is 0 Å². The van der Waals surface area contributed by atoms with E-state index in [0.717, 1.165) is 37.7 Å². The van der Waals surface area contributed by atoms with Gasteiger partial charge in [-0.15, -0.1) is 0 Å². The summed E-state index contributed by atoms with van der Waals surface area (Å²) in [7, 11) is 0. The molecule has 2 rings (SSSR count). The van der Waals surface area contributed by atoms with Gasteiger partial charge in [-0.3, -0.25) is 4.79 Å². The van der Waals surface area contributed by atoms with E-state index in [4.69, 9.17) is 5.73 Å². The van der Waals surface area contributed by atoms with Crippen molar-refractivity contribution in [2.45, 2.75) is 51.0 Å². The van der Waals surface area contributed by atoms with Gasteiger partial charge in [-0.05, 0) is 65.0 Å². The predicted octanol–water partition coefficient (Wildman–Crippen LogP) is 4.11. The summed E-state index contributed by atoms with van der Waals surface area (Å²) in [5.41, 5.74) is 7.35. The first-order chi connectivity index (χ1) is 9.51. The maximum absolute atomic E-state index is 11.2. The molecule has 0 spiro atoms. The Labute approximate surface area is 134 Å². The molecular weight excluding hydrogens is 365 g/mol. The van der Waals surface area contributed by atoms with E-state index in [0.29, 0.717) is 0 Å². The number of carboxylic acids is 1. The third kappa shape index (κ3) is 4.19. The Kier molecular flexibility index (Phi) is 5.43. The number of nitrogens with two attached hydrogens (primary N) is 1. The summed E-state index contributed by atoms with van der Waals surface area (Å²) in [4.78, 5) is 11.2. The average molecular weight is 387 g/mol. The molecule has 0 amide bonds. The van der Waals surface area contributed by atoms with Crippen molar-refractivity contribution in [3.05, 3.63) is 33.4 Å². The van der Waals surface area contributed by atoms with Gasteiger partial charge in [0.25, 0.3) is 0 Å². The molecule has 0 aromatic heterocycles. The zero-order valence-corrected chi connectivity index (χ0v) is 13.8. The van der Waals surface area contributed by atoms with Gasteiger partial charge in [0.1, 0.15) is 0 Å². The summed E-state index contributed by atoms with van der Waals surface area (Å²) in [5, 5.41) is 9.21. The van der Waals surface area contributed by atoms with Crippen molar-refractivity contribution >= 4 is 28.6 Å². The molecular formula is C16H22INO2. The lowest BCUT2D eigenvalue weighted by Crippen LogP contribution is -2.31. The third-order valence-corrected chi connectivity index (χ3v) is 5.11. The molecule has 1 fully saturated rings. The van der Waals surface area contributed by atoms with E-state index in [9.17, 15) is 9.90 Å². The van der Waals surface area contributed by atoms with Gasteiger partial charge in [0.15, 0.2) is 0 Å². The largest absolute Gasteiger partial charge is 0.481 e. The van der Waals surface area contributed by atoms with E-state index in [2.05, 4.69) is 46.9 Å². The Morgan fingerprint density at radius 1 is 1.25 bits per heavy atom. The van der Waals surface area contributed by atoms with Gasteiger partial charge in [-0.2, -0.15) is 0 Å². The molecule has 0 bridgehead atoms. The second-order valence-corrected chi connectivity index (χ2v) is 7.24. The number of rotatable bonds is 5. The van der Waals surface area contributed by atoms with Gasteiger partial charge in [-0.1, -0.05) is 31.4 Å². The van der Waals surface area contributed by atoms with Crippen LogP contribution in [0.1, 0.15) is 56.6 Å². The Morgan fingerprint density at radius 3 is 2.40 bits per heavy atom. The molecule has 20 heavy (non-hydrogen) atoms. The molecule has 1 atom stereocenters. The minimum absolute atomic E-state index is 0.0653. The first-order valence-electron chi connectivity index (χ1n) is 7.24. The van der Waals surface area contributed by atoms with Crippen LogP contribution in [0.2, 0.25) is 0 Å². The molecule has 3 nitrogen and oxygen atoms in total. The molecule has 0 aliphatic heterocycles. The number of benzene rings is 1. The topological polar surface area (TPSA) is 63.3 Å². The van der Waals surface area contributed by atoms with Crippen LogP contribution < -0.4 is 5.73 Å². The van der Waals surface area contributed by atoms with Crippen LogP contribution in [0.15, 0.2) is 24.3 Å². The van der Waals surface area contributed by atoms with E-state index in [-0.39, 0.29) is 17.9 Å². The Hall–Kier alpha value is -0.620. The molecule has 1 aliphatic rings. The van der Waals surface area contributed by atoms with Crippen molar-refractivity contribution < 1.29 is 9.90 Å². The lowest BCUT2D eigenvalue weighted by Gasteiger charge is -2.38. The van der Waals surface area contributed by atoms with E-state index in [1.807, 2.05) is 0 Å². The molecule has 4 heteroatoms. The summed E-state index contributed by atoms with van der Waals surface area (Å²) < 4.78 is 1.19. The highest BCUT2D eigenvalue weighted by atomic mass is 127. The van der Waals surface area contributed by atoms with Crippen molar-refractivity contribution in [1.29, 1.82) is 0 Å². The molecule has 0 saturated heterocycles. The molecule has 1 aromatic rings. The van der Waals surface area contributed by atoms with Crippen LogP contribution in [0.3, 0.4) is 0 Å². The normalized spacial score (nSPS) is 19.5. The zero-order valence-electron chi connectivity index (χ0n) is 11.6. The SMILES string of the molecule is NC(CC1(CC(=O)O)CCCCC1)c1ccc(I)cc1. The van der Waals surface area contributed by atoms with Crippen LogP contribution in [0.5, 0.6) is 0 Å². The quantitative estimate of drug-likeness (QED) is 0.748. The van der Waals surface area contributed by atoms with Crippen LogP contribution in [0.4, 0.5) is 0 Å². The summed E-state index contributed by atoms with van der Waals surface area (Å²) >= 11 is 2.28. The van der Waals surface area contributed by atoms with Crippen LogP contribution in [0.25, 0.3) is 0 Å². The van der Waals surface area contributed by atoms with E-state index >= 15 is 0 Å². The smallest absolute Gasteiger partial charge is 0.303 e. The van der Waals surface area contributed by atoms with E-state index in [1.165, 1.54) is 9.99 Å². The number of hydrogen-bond donors (Lipinski definition) is 2. The first kappa shape index (κ1) is 15.8. The fraction of sp³-hybridized carbons (Fsp3) is 0.562. The van der Waals surface area contributed by atoms with Crippen molar-refractivity contribution in [3.8, 4) is 0 Å². The third-order valence-electron chi connectivity index (χ3n) is 4.39. The molecule has 1 aromatic carbocycles. The van der Waals surface area contributed by atoms with Gasteiger partial charge in [0, 0.05) is 9.61 Å². The Bertz CT molecular complexity index is 452. The highest BCUT2D eigenvalue weighted by Crippen LogP contribution is 2.45. The Balaban J connectivity index is 2.10. The van der Waals surface area contributed by atoms with Crippen molar-refractivity contribution in [2.24, 2.45) is 11.1 Å². The summed E-state index contributed by atoms with van der Waals surface area (Å²) in [6.07, 6.45) is 6.51. The van der Waals surface area contributed by atoms with Crippen molar-refractivity contribution in [3.63, 3.8) is 0 Å². The van der Waals surface area contributed by atoms with Gasteiger partial charge >= 0.3 is 5.97 Å². The second kappa shape index (κ2) is 6.89. The number of carboxylic acid groups (broad SMARTS) is 1. The molecule has 1 saturated carbocycles. The van der Waals surface area contributed by atoms with Crippen LogP contribution in [-0.2, 0) is 4.79 Å². The first-order valence-corrected chi connectivity index (χ1v) is 8.31. The number of halogens is 1. The molecule has 1 unspecified atom stereocenters. The molecule has 0 radical (unpaired) electrons. The Morgan fingerprint density at radius 2 is 1.85 bits per heavy atom. The summed E-state index contributed by atoms with van der Waals surface area (Å²) in [5.74, 6) is -0.693. The number of carbonyl (C=O) groups is 1. The van der Waals surface area contributed by atoms with Crippen molar-refractivity contribution in [1.82, 2.24) is 0 Å². The molecule has 1 aliphatic carbocycles. The van der Waals surface area contributed by atoms with E-state index < -0.39 is 5.97 Å². The lowest BCUT2D eigenvalue weighted by molar-refractivity contribution is -0.140. The standard InChI is InChI=1S/C16H22INO2/c17-13-6-4-12(5-7-13)14(18)10-16(11-15(19)20)8-2-1-3-9-16/h4-7,14H,1-3,8-11,18H2,(H,19,20). The maximum atomic E-state index is 11.2. The monoisotopic (exact) mass is 387 g/mol. The summed E-state index contributed by atoms with van der Waals surface area (Å²) in [6.45, 7) is 0. The zero-order chi connectivity index (χ0) is 14.6. The fourth-order valence-electron chi connectivity index (χ4n) is 3.37. The van der Waals surface area contributed by atoms with Crippen LogP contribution in [-0.4, -0.2) is 11.1 Å². The van der Waals surface area contributed by atoms with E-state index in [1.54, 1.807) is 0 Å². The number of hydrogen-bond acceptors (Lipinski definition) is 2. The molecule has 110 valence electrons. The molecule has 3 N–H and O–H groups in total. The highest BCUT2D eigenvalue weighted by Gasteiger charge is 2.36. The van der Waals surface area contributed by atoms with Gasteiger partial charge in [0.05, 0.1) is 6.42 Å². The predicted molar refractivity (Wildman–Crippen MR) is 88.5 cm³/mol. The van der Waals surface area contributed by atoms with Crippen LogP contribution in [0, 0.1) is 8.99 Å². The molecule has 0 heterocycles. The average Bonchev–Trinajstić information content (AvgIpc) is 2.39. The highest BCUT2D eigenvalue weighted by molar-refractivity contribution is 14.1. The minimum Gasteiger partial charge on any atom is -0.481 e. The van der Waals surface area contributed by atoms with Crippen molar-refractivity contribution in [2.75, 3.05) is 0 Å². The lowest BCUT2D eigenvalue weighted by atomic mass is 9.67. The minimum atomic E-state index is -0.693. The fourth-order valence-corrected chi connectivity index (χ4v) is 3.73. The van der Waals surface area contributed by atoms with Gasteiger partial charge in [-0.25, -0.2) is 0 Å². The van der Waals surface area contributed by atoms with Crippen LogP contribution >= 0.6 is 22.6 Å². The van der Waals surface area contributed by atoms with Gasteiger partial charge < -0.3 is 10.8 Å². The second-order valence-electron chi connectivity index (χ2n) is 5.99. The maximum Gasteiger partial charge on any atom is 0.303 e. The number of aliphatic carboxylic acids is 1.